The summed E-state index contributed by atoms with van der Waals surface area (Å²) in [4.78, 5) is 15.6. The summed E-state index contributed by atoms with van der Waals surface area (Å²) >= 11 is 1.20. The van der Waals surface area contributed by atoms with Crippen molar-refractivity contribution >= 4 is 17.7 Å². The second kappa shape index (κ2) is 4.50. The van der Waals surface area contributed by atoms with Crippen molar-refractivity contribution in [2.24, 2.45) is 7.05 Å². The molecule has 2 aromatic heterocycles. The van der Waals surface area contributed by atoms with Gasteiger partial charge in [0.1, 0.15) is 0 Å². The van der Waals surface area contributed by atoms with E-state index in [1.54, 1.807) is 20.0 Å². The molecule has 2 rings (SSSR count). The van der Waals surface area contributed by atoms with Crippen LogP contribution in [-0.4, -0.2) is 36.3 Å². The first kappa shape index (κ1) is 11.5. The van der Waals surface area contributed by atoms with Gasteiger partial charge in [-0.15, -0.1) is 5.10 Å². The number of pyridine rings is 1. The van der Waals surface area contributed by atoms with E-state index < -0.39 is 5.97 Å². The highest BCUT2D eigenvalue weighted by Crippen LogP contribution is 2.28. The molecule has 7 nitrogen and oxygen atoms in total. The minimum Gasteiger partial charge on any atom is -0.478 e. The highest BCUT2D eigenvalue weighted by molar-refractivity contribution is 7.99. The standard InChI is InChI=1S/C9H9N5O2S/c1-5-3-7(6(4-10-5)8(15)16)17-9-11-12-13-14(9)2/h3-4H,1-2H3,(H,15,16). The van der Waals surface area contributed by atoms with Crippen molar-refractivity contribution in [1.29, 1.82) is 0 Å². The predicted molar refractivity (Wildman–Crippen MR) is 58.9 cm³/mol. The van der Waals surface area contributed by atoms with E-state index in [1.807, 2.05) is 0 Å². The molecule has 0 aliphatic heterocycles. The molecule has 8 heteroatoms. The van der Waals surface area contributed by atoms with E-state index in [9.17, 15) is 4.79 Å². The number of carboxylic acid groups (broad SMARTS) is 1. The van der Waals surface area contributed by atoms with E-state index >= 15 is 0 Å². The fourth-order valence-electron chi connectivity index (χ4n) is 1.19. The Morgan fingerprint density at radius 1 is 1.53 bits per heavy atom. The number of aromatic carboxylic acids is 1. The zero-order chi connectivity index (χ0) is 12.4. The number of tetrazole rings is 1. The van der Waals surface area contributed by atoms with Crippen LogP contribution in [0.5, 0.6) is 0 Å². The topological polar surface area (TPSA) is 93.8 Å². The first-order valence-electron chi connectivity index (χ1n) is 4.68. The van der Waals surface area contributed by atoms with Crippen LogP contribution in [0.2, 0.25) is 0 Å². The molecule has 0 saturated heterocycles. The maximum absolute atomic E-state index is 11.0. The highest BCUT2D eigenvalue weighted by atomic mass is 32.2. The van der Waals surface area contributed by atoms with Crippen LogP contribution in [0.4, 0.5) is 0 Å². The molecule has 0 aliphatic rings. The summed E-state index contributed by atoms with van der Waals surface area (Å²) in [6.45, 7) is 1.80. The first-order chi connectivity index (χ1) is 8.08. The third kappa shape index (κ3) is 2.41. The summed E-state index contributed by atoms with van der Waals surface area (Å²) in [6, 6.07) is 1.70. The van der Waals surface area contributed by atoms with Gasteiger partial charge >= 0.3 is 5.97 Å². The number of aromatic nitrogens is 5. The van der Waals surface area contributed by atoms with E-state index in [1.165, 1.54) is 22.6 Å². The molecule has 0 amide bonds. The Balaban J connectivity index is 2.41. The molecule has 0 bridgehead atoms. The minimum absolute atomic E-state index is 0.142. The summed E-state index contributed by atoms with van der Waals surface area (Å²) in [6.07, 6.45) is 1.34. The van der Waals surface area contributed by atoms with Crippen molar-refractivity contribution in [3.63, 3.8) is 0 Å². The molecular weight excluding hydrogens is 242 g/mol. The molecule has 1 N–H and O–H groups in total. The normalized spacial score (nSPS) is 10.5. The Bertz CT molecular complexity index is 568. The second-order valence-electron chi connectivity index (χ2n) is 3.31. The van der Waals surface area contributed by atoms with Crippen molar-refractivity contribution in [2.75, 3.05) is 0 Å². The number of nitrogens with zero attached hydrogens (tertiary/aromatic N) is 5. The summed E-state index contributed by atoms with van der Waals surface area (Å²) in [5.41, 5.74) is 0.885. The molecule has 0 saturated carbocycles. The zero-order valence-electron chi connectivity index (χ0n) is 9.15. The summed E-state index contributed by atoms with van der Waals surface area (Å²) in [7, 11) is 1.69. The lowest BCUT2D eigenvalue weighted by atomic mass is 10.2. The predicted octanol–water partition coefficient (Wildman–Crippen LogP) is 0.763. The van der Waals surface area contributed by atoms with Crippen molar-refractivity contribution in [1.82, 2.24) is 25.2 Å². The maximum atomic E-state index is 11.0. The monoisotopic (exact) mass is 251 g/mol. The lowest BCUT2D eigenvalue weighted by molar-refractivity contribution is 0.0692. The van der Waals surface area contributed by atoms with E-state index in [0.29, 0.717) is 10.1 Å². The Morgan fingerprint density at radius 2 is 2.29 bits per heavy atom. The van der Waals surface area contributed by atoms with Crippen LogP contribution in [0.15, 0.2) is 22.3 Å². The van der Waals surface area contributed by atoms with Crippen LogP contribution in [0.25, 0.3) is 0 Å². The lowest BCUT2D eigenvalue weighted by Gasteiger charge is -2.04. The SMILES string of the molecule is Cc1cc(Sc2nnnn2C)c(C(=O)O)cn1. The van der Waals surface area contributed by atoms with Gasteiger partial charge in [0.25, 0.3) is 0 Å². The van der Waals surface area contributed by atoms with Crippen molar-refractivity contribution < 1.29 is 9.90 Å². The Morgan fingerprint density at radius 3 is 2.88 bits per heavy atom. The molecule has 0 aromatic carbocycles. The molecule has 0 spiro atoms. The molecule has 0 atom stereocenters. The Kier molecular flexibility index (Phi) is 3.05. The van der Waals surface area contributed by atoms with Gasteiger partial charge in [0.15, 0.2) is 0 Å². The van der Waals surface area contributed by atoms with Crippen LogP contribution < -0.4 is 0 Å². The molecule has 0 fully saturated rings. The molecule has 17 heavy (non-hydrogen) atoms. The van der Waals surface area contributed by atoms with Gasteiger partial charge < -0.3 is 5.11 Å². The summed E-state index contributed by atoms with van der Waals surface area (Å²) < 4.78 is 1.48. The summed E-state index contributed by atoms with van der Waals surface area (Å²) in [5, 5.41) is 20.5. The molecule has 88 valence electrons. The Labute approximate surface area is 101 Å². The van der Waals surface area contributed by atoms with Gasteiger partial charge in [0.2, 0.25) is 5.16 Å². The lowest BCUT2D eigenvalue weighted by Crippen LogP contribution is -2.02. The fourth-order valence-corrected chi connectivity index (χ4v) is 2.11. The van der Waals surface area contributed by atoms with Crippen LogP contribution in [0.1, 0.15) is 16.1 Å². The van der Waals surface area contributed by atoms with Crippen molar-refractivity contribution in [2.45, 2.75) is 17.0 Å². The van der Waals surface area contributed by atoms with Crippen LogP contribution in [0, 0.1) is 6.92 Å². The smallest absolute Gasteiger partial charge is 0.338 e. The van der Waals surface area contributed by atoms with Gasteiger partial charge in [0.05, 0.1) is 5.56 Å². The van der Waals surface area contributed by atoms with Gasteiger partial charge in [-0.2, -0.15) is 0 Å². The maximum Gasteiger partial charge on any atom is 0.338 e. The number of carbonyl (C=O) groups is 1. The van der Waals surface area contributed by atoms with Crippen LogP contribution in [-0.2, 0) is 7.05 Å². The minimum atomic E-state index is -1.02. The van der Waals surface area contributed by atoms with Gasteiger partial charge in [-0.05, 0) is 35.2 Å². The first-order valence-corrected chi connectivity index (χ1v) is 5.49. The van der Waals surface area contributed by atoms with Gasteiger partial charge in [0, 0.05) is 23.8 Å². The number of carboxylic acids is 1. The third-order valence-corrected chi connectivity index (χ3v) is 3.10. The average Bonchev–Trinajstić information content (AvgIpc) is 2.64. The highest BCUT2D eigenvalue weighted by Gasteiger charge is 2.14. The van der Waals surface area contributed by atoms with Gasteiger partial charge in [-0.3, -0.25) is 4.98 Å². The number of aryl methyl sites for hydroxylation is 2. The van der Waals surface area contributed by atoms with E-state index in [4.69, 9.17) is 5.11 Å². The van der Waals surface area contributed by atoms with E-state index in [0.717, 1.165) is 5.69 Å². The average molecular weight is 251 g/mol. The molecule has 2 heterocycles. The van der Waals surface area contributed by atoms with Gasteiger partial charge in [-0.1, -0.05) is 0 Å². The Hall–Kier alpha value is -1.96. The van der Waals surface area contributed by atoms with Crippen LogP contribution in [0.3, 0.4) is 0 Å². The van der Waals surface area contributed by atoms with E-state index in [-0.39, 0.29) is 5.56 Å². The largest absolute Gasteiger partial charge is 0.478 e. The number of hydrogen-bond acceptors (Lipinski definition) is 6. The van der Waals surface area contributed by atoms with Gasteiger partial charge in [-0.25, -0.2) is 9.48 Å². The molecular formula is C9H9N5O2S. The zero-order valence-corrected chi connectivity index (χ0v) is 9.97. The van der Waals surface area contributed by atoms with Crippen molar-refractivity contribution in [3.8, 4) is 0 Å². The molecule has 0 unspecified atom stereocenters. The summed E-state index contributed by atoms with van der Waals surface area (Å²) in [5.74, 6) is -1.02. The van der Waals surface area contributed by atoms with Crippen LogP contribution >= 0.6 is 11.8 Å². The third-order valence-electron chi connectivity index (χ3n) is 2.02. The molecule has 2 aromatic rings. The fraction of sp³-hybridized carbons (Fsp3) is 0.222. The van der Waals surface area contributed by atoms with Crippen molar-refractivity contribution in [3.05, 3.63) is 23.5 Å². The molecule has 0 radical (unpaired) electrons. The molecule has 0 aliphatic carbocycles. The number of hydrogen-bond donors (Lipinski definition) is 1. The second-order valence-corrected chi connectivity index (χ2v) is 4.32. The van der Waals surface area contributed by atoms with E-state index in [2.05, 4.69) is 20.5 Å². The quantitative estimate of drug-likeness (QED) is 0.860. The number of rotatable bonds is 3.